The van der Waals surface area contributed by atoms with Crippen molar-refractivity contribution >= 4 is 51.6 Å². The summed E-state index contributed by atoms with van der Waals surface area (Å²) < 4.78 is -0.750. The van der Waals surface area contributed by atoms with E-state index in [1.807, 2.05) is 0 Å². The van der Waals surface area contributed by atoms with Crippen molar-refractivity contribution in [3.63, 3.8) is 0 Å². The van der Waals surface area contributed by atoms with Crippen LogP contribution in [0.1, 0.15) is 6.92 Å². The molecule has 0 aromatic heterocycles. The highest BCUT2D eigenvalue weighted by atomic mass is 35.6. The van der Waals surface area contributed by atoms with Gasteiger partial charge in [-0.1, -0.05) is 34.8 Å². The Kier molecular flexibility index (Phi) is 11.4. The first kappa shape index (κ1) is 11.6. The monoisotopic (exact) mass is 196 g/mol. The highest BCUT2D eigenvalue weighted by Crippen LogP contribution is 2.03. The maximum Gasteiger partial charge on any atom is 0.218 e. The lowest BCUT2D eigenvalue weighted by atomic mass is 10.9. The van der Waals surface area contributed by atoms with Crippen molar-refractivity contribution in [3.8, 4) is 0 Å². The smallest absolute Gasteiger partial charge is 0.218 e. The average molecular weight is 198 g/mol. The summed E-state index contributed by atoms with van der Waals surface area (Å²) in [5.41, 5.74) is 0. The topological polar surface area (TPSA) is 17.1 Å². The molecule has 0 aromatic rings. The molecule has 0 fully saturated rings. The van der Waals surface area contributed by atoms with Gasteiger partial charge in [-0.3, -0.25) is 4.79 Å². The molecule has 0 aliphatic rings. The van der Waals surface area contributed by atoms with E-state index in [0.717, 1.165) is 0 Å². The van der Waals surface area contributed by atoms with Gasteiger partial charge in [-0.2, -0.15) is 0 Å². The zero-order valence-electron chi connectivity index (χ0n) is 4.00. The molecule has 0 bridgehead atoms. The molecule has 5 heteroatoms. The minimum absolute atomic E-state index is 0.361. The van der Waals surface area contributed by atoms with Gasteiger partial charge < -0.3 is 0 Å². The molecule has 0 heterocycles. The van der Waals surface area contributed by atoms with Gasteiger partial charge in [-0.05, 0) is 11.6 Å². The van der Waals surface area contributed by atoms with Gasteiger partial charge >= 0.3 is 0 Å². The van der Waals surface area contributed by atoms with Gasteiger partial charge in [0.25, 0.3) is 0 Å². The molecule has 0 rings (SSSR count). The molecule has 0 unspecified atom stereocenters. The molecular weight excluding hydrogens is 194 g/mol. The zero-order valence-corrected chi connectivity index (χ0v) is 7.02. The summed E-state index contributed by atoms with van der Waals surface area (Å²) in [6.45, 7) is 1.29. The van der Waals surface area contributed by atoms with Gasteiger partial charge in [0.05, 0.1) is 0 Å². The van der Waals surface area contributed by atoms with E-state index in [0.29, 0.717) is 0 Å². The van der Waals surface area contributed by atoms with Crippen molar-refractivity contribution in [1.82, 2.24) is 0 Å². The molecule has 0 spiro atoms. The van der Waals surface area contributed by atoms with Crippen molar-refractivity contribution in [3.05, 3.63) is 0 Å². The maximum atomic E-state index is 9.21. The largest absolute Gasteiger partial charge is 0.282 e. The third-order valence-corrected chi connectivity index (χ3v) is 0. The van der Waals surface area contributed by atoms with Crippen molar-refractivity contribution in [2.75, 3.05) is 0 Å². The Balaban J connectivity index is 0. The van der Waals surface area contributed by atoms with E-state index in [1.54, 1.807) is 0 Å². The van der Waals surface area contributed by atoms with Crippen LogP contribution in [0.2, 0.25) is 0 Å². The number of hydrogen-bond acceptors (Lipinski definition) is 1. The van der Waals surface area contributed by atoms with E-state index >= 15 is 0 Å². The summed E-state index contributed by atoms with van der Waals surface area (Å²) >= 11 is 19.1. The van der Waals surface area contributed by atoms with Gasteiger partial charge in [-0.15, -0.1) is 0 Å². The van der Waals surface area contributed by atoms with E-state index in [9.17, 15) is 4.79 Å². The van der Waals surface area contributed by atoms with Crippen LogP contribution >= 0.6 is 46.4 Å². The van der Waals surface area contributed by atoms with Crippen LogP contribution in [0.4, 0.5) is 0 Å². The predicted octanol–water partition coefficient (Wildman–Crippen LogP) is 2.76. The van der Waals surface area contributed by atoms with Crippen molar-refractivity contribution in [2.24, 2.45) is 0 Å². The molecule has 0 aliphatic heterocycles. The van der Waals surface area contributed by atoms with Crippen LogP contribution in [0.5, 0.6) is 0 Å². The lowest BCUT2D eigenvalue weighted by molar-refractivity contribution is -0.109. The number of carbonyl (C=O) groups excluding carboxylic acids is 1. The van der Waals surface area contributed by atoms with Crippen LogP contribution < -0.4 is 0 Å². The number of alkyl halides is 3. The lowest BCUT2D eigenvalue weighted by Crippen LogP contribution is -1.62. The Labute approximate surface area is 67.8 Å². The van der Waals surface area contributed by atoms with Crippen LogP contribution in [0.25, 0.3) is 0 Å². The molecule has 0 saturated heterocycles. The Morgan fingerprint density at radius 3 is 1.38 bits per heavy atom. The van der Waals surface area contributed by atoms with E-state index < -0.39 is 4.30 Å². The first-order chi connectivity index (χ1) is 3.46. The first-order valence-corrected chi connectivity index (χ1v) is 3.24. The normalized spacial score (nSPS) is 7.75. The van der Waals surface area contributed by atoms with E-state index in [4.69, 9.17) is 34.8 Å². The number of rotatable bonds is 0. The minimum atomic E-state index is -0.750. The van der Waals surface area contributed by atoms with Crippen LogP contribution in [0.3, 0.4) is 0 Å². The van der Waals surface area contributed by atoms with Crippen molar-refractivity contribution in [1.29, 1.82) is 0 Å². The summed E-state index contributed by atoms with van der Waals surface area (Å²) in [4.78, 5) is 9.21. The highest BCUT2D eigenvalue weighted by molar-refractivity contribution is 6.63. The fraction of sp³-hybridized carbons (Fsp3) is 0.667. The first-order valence-electron chi connectivity index (χ1n) is 1.55. The molecule has 0 aromatic carbocycles. The average Bonchev–Trinajstić information content (AvgIpc) is 1.25. The summed E-state index contributed by atoms with van der Waals surface area (Å²) in [6.07, 6.45) is 0. The Morgan fingerprint density at radius 1 is 1.38 bits per heavy atom. The molecule has 0 amide bonds. The summed E-state index contributed by atoms with van der Waals surface area (Å²) in [5.74, 6) is 0. The van der Waals surface area contributed by atoms with Gasteiger partial charge in [0.15, 0.2) is 4.30 Å². The number of halogens is 4. The maximum absolute atomic E-state index is 9.21. The highest BCUT2D eigenvalue weighted by Gasteiger charge is 1.78. The lowest BCUT2D eigenvalue weighted by Gasteiger charge is -1.69. The van der Waals surface area contributed by atoms with E-state index in [-0.39, 0.29) is 5.24 Å². The summed E-state index contributed by atoms with van der Waals surface area (Å²) in [7, 11) is 0. The molecule has 0 atom stereocenters. The quantitative estimate of drug-likeness (QED) is 0.431. The minimum Gasteiger partial charge on any atom is -0.282 e. The van der Waals surface area contributed by atoms with Crippen LogP contribution in [-0.2, 0) is 4.79 Å². The molecule has 0 N–H and O–H groups in total. The molecular formula is C3H4Cl4O. The number of carbonyl (C=O) groups is 1. The van der Waals surface area contributed by atoms with Gasteiger partial charge in [-0.25, -0.2) is 0 Å². The van der Waals surface area contributed by atoms with E-state index in [1.165, 1.54) is 6.92 Å². The van der Waals surface area contributed by atoms with Crippen molar-refractivity contribution < 1.29 is 4.79 Å². The third-order valence-electron chi connectivity index (χ3n) is 0. The number of hydrogen-bond donors (Lipinski definition) is 0. The Bertz CT molecular complexity index is 55.5. The van der Waals surface area contributed by atoms with Crippen LogP contribution in [0, 0.1) is 0 Å². The van der Waals surface area contributed by atoms with Crippen molar-refractivity contribution in [2.45, 2.75) is 11.2 Å². The second-order valence-corrected chi connectivity index (χ2v) is 3.23. The van der Waals surface area contributed by atoms with Crippen LogP contribution in [-0.4, -0.2) is 9.54 Å². The second-order valence-electron chi connectivity index (χ2n) is 0.718. The van der Waals surface area contributed by atoms with Gasteiger partial charge in [0.1, 0.15) is 0 Å². The predicted molar refractivity (Wildman–Crippen MR) is 37.9 cm³/mol. The molecule has 0 aliphatic carbocycles. The Hall–Kier alpha value is 0.830. The summed E-state index contributed by atoms with van der Waals surface area (Å²) in [6, 6.07) is 0. The van der Waals surface area contributed by atoms with Crippen LogP contribution in [0.15, 0.2) is 0 Å². The Morgan fingerprint density at radius 2 is 1.38 bits per heavy atom. The fourth-order valence-electron chi connectivity index (χ4n) is 0. The standard InChI is InChI=1S/C2H3ClO.CHCl3/c1-2(3)4;2-1(3)4/h1H3;1H. The summed E-state index contributed by atoms with van der Waals surface area (Å²) in [5, 5.41) is -0.361. The molecule has 0 saturated carbocycles. The molecule has 50 valence electrons. The zero-order chi connectivity index (χ0) is 7.15. The SMILES string of the molecule is CC(=O)Cl.ClC(Cl)Cl. The molecule has 1 nitrogen and oxygen atoms in total. The third kappa shape index (κ3) is 337. The second kappa shape index (κ2) is 7.83. The van der Waals surface area contributed by atoms with Gasteiger partial charge in [0, 0.05) is 6.92 Å². The van der Waals surface area contributed by atoms with E-state index in [2.05, 4.69) is 11.6 Å². The van der Waals surface area contributed by atoms with Gasteiger partial charge in [0.2, 0.25) is 5.24 Å². The molecule has 0 radical (unpaired) electrons. The fourth-order valence-corrected chi connectivity index (χ4v) is 0. The molecule has 8 heavy (non-hydrogen) atoms.